The van der Waals surface area contributed by atoms with Crippen LogP contribution in [-0.2, 0) is 0 Å². The number of hydrogen-bond donors (Lipinski definition) is 0. The highest BCUT2D eigenvalue weighted by atomic mass is 32.2. The van der Waals surface area contributed by atoms with Gasteiger partial charge in [0.15, 0.2) is 0 Å². The van der Waals surface area contributed by atoms with Gasteiger partial charge in [0.25, 0.3) is 0 Å². The molecule has 0 aromatic heterocycles. The first-order valence-corrected chi connectivity index (χ1v) is 6.95. The second-order valence-electron chi connectivity index (χ2n) is 3.56. The van der Waals surface area contributed by atoms with Crippen LogP contribution in [0.3, 0.4) is 0 Å². The second-order valence-corrected chi connectivity index (χ2v) is 4.78. The van der Waals surface area contributed by atoms with Gasteiger partial charge in [-0.2, -0.15) is 11.8 Å². The van der Waals surface area contributed by atoms with Crippen LogP contribution in [0.4, 0.5) is 0 Å². The Morgan fingerprint density at radius 1 is 1.12 bits per heavy atom. The fourth-order valence-corrected chi connectivity index (χ4v) is 2.23. The average molecular weight is 236 g/mol. The van der Waals surface area contributed by atoms with Crippen LogP contribution in [0.5, 0.6) is 5.75 Å². The molecule has 1 nitrogen and oxygen atoms in total. The summed E-state index contributed by atoms with van der Waals surface area (Å²) in [6.07, 6.45) is 5.46. The maximum absolute atomic E-state index is 5.61. The number of ether oxygens (including phenoxy) is 1. The molecule has 0 aliphatic carbocycles. The lowest BCUT2D eigenvalue weighted by Crippen LogP contribution is -1.97. The Bertz CT molecular complexity index is 271. The van der Waals surface area contributed by atoms with Crippen LogP contribution in [0.1, 0.15) is 19.3 Å². The van der Waals surface area contributed by atoms with Crippen LogP contribution in [0.25, 0.3) is 0 Å². The quantitative estimate of drug-likeness (QED) is 0.470. The Balaban J connectivity index is 1.90. The summed E-state index contributed by atoms with van der Waals surface area (Å²) in [6.45, 7) is 4.53. The van der Waals surface area contributed by atoms with E-state index in [4.69, 9.17) is 4.74 Å². The highest BCUT2D eigenvalue weighted by Gasteiger charge is 1.92. The SMILES string of the molecule is C=CCCSCCCCOc1ccccc1. The van der Waals surface area contributed by atoms with E-state index in [1.54, 1.807) is 0 Å². The maximum Gasteiger partial charge on any atom is 0.119 e. The zero-order valence-electron chi connectivity index (χ0n) is 9.73. The highest BCUT2D eigenvalue weighted by molar-refractivity contribution is 7.99. The topological polar surface area (TPSA) is 9.23 Å². The Morgan fingerprint density at radius 3 is 2.69 bits per heavy atom. The van der Waals surface area contributed by atoms with Crippen molar-refractivity contribution in [2.24, 2.45) is 0 Å². The van der Waals surface area contributed by atoms with Gasteiger partial charge >= 0.3 is 0 Å². The van der Waals surface area contributed by atoms with Gasteiger partial charge in [-0.25, -0.2) is 0 Å². The van der Waals surface area contributed by atoms with E-state index >= 15 is 0 Å². The predicted molar refractivity (Wildman–Crippen MR) is 73.3 cm³/mol. The normalized spacial score (nSPS) is 10.0. The minimum Gasteiger partial charge on any atom is -0.494 e. The van der Waals surface area contributed by atoms with E-state index < -0.39 is 0 Å². The third-order valence-electron chi connectivity index (χ3n) is 2.16. The van der Waals surface area contributed by atoms with E-state index in [0.717, 1.165) is 25.2 Å². The largest absolute Gasteiger partial charge is 0.494 e. The number of allylic oxidation sites excluding steroid dienone is 1. The van der Waals surface area contributed by atoms with Gasteiger partial charge in [-0.3, -0.25) is 0 Å². The second kappa shape index (κ2) is 9.34. The van der Waals surface area contributed by atoms with Crippen LogP contribution in [0, 0.1) is 0 Å². The van der Waals surface area contributed by atoms with Crippen LogP contribution >= 0.6 is 11.8 Å². The van der Waals surface area contributed by atoms with Crippen molar-refractivity contribution in [2.75, 3.05) is 18.1 Å². The molecule has 88 valence electrons. The van der Waals surface area contributed by atoms with Crippen molar-refractivity contribution >= 4 is 11.8 Å². The molecule has 0 aliphatic heterocycles. The number of thioether (sulfide) groups is 1. The Kier molecular flexibility index (Phi) is 7.70. The summed E-state index contributed by atoms with van der Waals surface area (Å²) in [6, 6.07) is 10.0. The van der Waals surface area contributed by atoms with Gasteiger partial charge in [0.05, 0.1) is 6.61 Å². The Hall–Kier alpha value is -0.890. The average Bonchev–Trinajstić information content (AvgIpc) is 2.34. The van der Waals surface area contributed by atoms with E-state index in [-0.39, 0.29) is 0 Å². The first kappa shape index (κ1) is 13.2. The van der Waals surface area contributed by atoms with Gasteiger partial charge in [-0.05, 0) is 42.9 Å². The molecular weight excluding hydrogens is 216 g/mol. The summed E-state index contributed by atoms with van der Waals surface area (Å²) in [5, 5.41) is 0. The Morgan fingerprint density at radius 2 is 1.94 bits per heavy atom. The molecule has 0 saturated carbocycles. The van der Waals surface area contributed by atoms with Gasteiger partial charge in [0.2, 0.25) is 0 Å². The van der Waals surface area contributed by atoms with E-state index in [1.807, 2.05) is 48.2 Å². The lowest BCUT2D eigenvalue weighted by atomic mass is 10.3. The van der Waals surface area contributed by atoms with Gasteiger partial charge in [-0.15, -0.1) is 6.58 Å². The van der Waals surface area contributed by atoms with E-state index in [1.165, 1.54) is 17.9 Å². The molecule has 1 rings (SSSR count). The molecule has 0 aliphatic rings. The number of rotatable bonds is 9. The van der Waals surface area contributed by atoms with E-state index in [2.05, 4.69) is 6.58 Å². The number of unbranched alkanes of at least 4 members (excludes halogenated alkanes) is 1. The van der Waals surface area contributed by atoms with E-state index in [9.17, 15) is 0 Å². The van der Waals surface area contributed by atoms with Gasteiger partial charge in [0.1, 0.15) is 5.75 Å². The minimum absolute atomic E-state index is 0.825. The van der Waals surface area contributed by atoms with E-state index in [0.29, 0.717) is 0 Å². The number of para-hydroxylation sites is 1. The maximum atomic E-state index is 5.61. The molecule has 0 atom stereocenters. The third-order valence-corrected chi connectivity index (χ3v) is 3.26. The van der Waals surface area contributed by atoms with Gasteiger partial charge in [-0.1, -0.05) is 24.3 Å². The van der Waals surface area contributed by atoms with Gasteiger partial charge in [0, 0.05) is 0 Å². The molecule has 0 N–H and O–H groups in total. The van der Waals surface area contributed by atoms with Crippen molar-refractivity contribution in [3.8, 4) is 5.75 Å². The van der Waals surface area contributed by atoms with Crippen molar-refractivity contribution in [3.63, 3.8) is 0 Å². The standard InChI is InChI=1S/C14H20OS/c1-2-3-12-16-13-8-7-11-15-14-9-5-4-6-10-14/h2,4-6,9-10H,1,3,7-8,11-13H2. The summed E-state index contributed by atoms with van der Waals surface area (Å²) in [5.74, 6) is 3.40. The lowest BCUT2D eigenvalue weighted by Gasteiger charge is -2.05. The van der Waals surface area contributed by atoms with Crippen LogP contribution in [-0.4, -0.2) is 18.1 Å². The van der Waals surface area contributed by atoms with Crippen molar-refractivity contribution in [3.05, 3.63) is 43.0 Å². The molecule has 0 heterocycles. The third kappa shape index (κ3) is 6.57. The summed E-state index contributed by atoms with van der Waals surface area (Å²) >= 11 is 2.00. The number of benzene rings is 1. The van der Waals surface area contributed by atoms with Crippen molar-refractivity contribution in [1.29, 1.82) is 0 Å². The molecule has 0 unspecified atom stereocenters. The molecule has 0 spiro atoms. The summed E-state index contributed by atoms with van der Waals surface area (Å²) in [7, 11) is 0. The summed E-state index contributed by atoms with van der Waals surface area (Å²) < 4.78 is 5.61. The molecule has 0 bridgehead atoms. The zero-order valence-corrected chi connectivity index (χ0v) is 10.5. The minimum atomic E-state index is 0.825. The molecule has 0 radical (unpaired) electrons. The summed E-state index contributed by atoms with van der Waals surface area (Å²) in [4.78, 5) is 0. The fourth-order valence-electron chi connectivity index (χ4n) is 1.28. The molecule has 0 saturated heterocycles. The van der Waals surface area contributed by atoms with Crippen LogP contribution in [0.2, 0.25) is 0 Å². The molecule has 0 fully saturated rings. The molecule has 1 aromatic carbocycles. The Labute approximate surface area is 103 Å². The van der Waals surface area contributed by atoms with Crippen LogP contribution in [0.15, 0.2) is 43.0 Å². The smallest absolute Gasteiger partial charge is 0.119 e. The molecule has 0 amide bonds. The molecular formula is C14H20OS. The molecule has 16 heavy (non-hydrogen) atoms. The summed E-state index contributed by atoms with van der Waals surface area (Å²) in [5.41, 5.74) is 0. The van der Waals surface area contributed by atoms with Crippen molar-refractivity contribution in [1.82, 2.24) is 0 Å². The number of hydrogen-bond acceptors (Lipinski definition) is 2. The zero-order chi connectivity index (χ0) is 11.5. The monoisotopic (exact) mass is 236 g/mol. The van der Waals surface area contributed by atoms with Crippen molar-refractivity contribution < 1.29 is 4.74 Å². The fraction of sp³-hybridized carbons (Fsp3) is 0.429. The first-order chi connectivity index (χ1) is 7.93. The highest BCUT2D eigenvalue weighted by Crippen LogP contribution is 2.10. The lowest BCUT2D eigenvalue weighted by molar-refractivity contribution is 0.310. The molecule has 1 aromatic rings. The first-order valence-electron chi connectivity index (χ1n) is 5.80. The predicted octanol–water partition coefficient (Wildman–Crippen LogP) is 4.15. The van der Waals surface area contributed by atoms with Crippen molar-refractivity contribution in [2.45, 2.75) is 19.3 Å². The molecule has 2 heteroatoms. The van der Waals surface area contributed by atoms with Gasteiger partial charge < -0.3 is 4.74 Å². The van der Waals surface area contributed by atoms with Crippen LogP contribution < -0.4 is 4.74 Å².